The van der Waals surface area contributed by atoms with Crippen LogP contribution in [0.2, 0.25) is 0 Å². The fourth-order valence-corrected chi connectivity index (χ4v) is 6.48. The van der Waals surface area contributed by atoms with Crippen LogP contribution in [0.25, 0.3) is 0 Å². The van der Waals surface area contributed by atoms with Crippen LogP contribution in [0.15, 0.2) is 35.5 Å². The van der Waals surface area contributed by atoms with Crippen molar-refractivity contribution in [2.24, 2.45) is 23.2 Å². The van der Waals surface area contributed by atoms with Crippen molar-refractivity contribution >= 4 is 5.78 Å². The normalized spacial score (nSPS) is 36.2. The van der Waals surface area contributed by atoms with Gasteiger partial charge in [-0.05, 0) is 100 Å². The lowest BCUT2D eigenvalue weighted by molar-refractivity contribution is -0.134. The molecule has 3 nitrogen and oxygen atoms in total. The second-order valence-electron chi connectivity index (χ2n) is 11.0. The smallest absolute Gasteiger partial charge is 0.163 e. The molecule has 3 heteroatoms. The van der Waals surface area contributed by atoms with E-state index in [1.165, 1.54) is 43.3 Å². The molecule has 0 saturated heterocycles. The van der Waals surface area contributed by atoms with Crippen molar-refractivity contribution in [1.29, 1.82) is 0 Å². The lowest BCUT2D eigenvalue weighted by atomic mass is 9.60. The van der Waals surface area contributed by atoms with Crippen molar-refractivity contribution in [2.75, 3.05) is 0 Å². The summed E-state index contributed by atoms with van der Waals surface area (Å²) in [7, 11) is 0. The highest BCUT2D eigenvalue weighted by Crippen LogP contribution is 2.59. The Morgan fingerprint density at radius 3 is 2.70 bits per heavy atom. The van der Waals surface area contributed by atoms with E-state index in [-0.39, 0.29) is 11.9 Å². The van der Waals surface area contributed by atoms with Crippen LogP contribution in [0.5, 0.6) is 0 Å². The summed E-state index contributed by atoms with van der Waals surface area (Å²) in [5.74, 6) is 1.72. The number of aliphatic hydroxyl groups excluding tert-OH is 1. The van der Waals surface area contributed by atoms with Gasteiger partial charge in [-0.3, -0.25) is 4.79 Å². The second-order valence-corrected chi connectivity index (χ2v) is 11.0. The molecule has 0 bridgehead atoms. The first-order chi connectivity index (χ1) is 14.0. The number of aliphatic hydroxyl groups is 2. The minimum Gasteiger partial charge on any atom is -0.393 e. The van der Waals surface area contributed by atoms with E-state index in [0.29, 0.717) is 29.6 Å². The van der Waals surface area contributed by atoms with Gasteiger partial charge in [-0.1, -0.05) is 43.7 Å². The monoisotopic (exact) mass is 414 g/mol. The summed E-state index contributed by atoms with van der Waals surface area (Å²) in [5, 5.41) is 20.0. The van der Waals surface area contributed by atoms with Crippen LogP contribution in [-0.2, 0) is 4.79 Å². The zero-order valence-electron chi connectivity index (χ0n) is 19.5. The highest BCUT2D eigenvalue weighted by Gasteiger charge is 2.50. The van der Waals surface area contributed by atoms with Crippen LogP contribution < -0.4 is 0 Å². The number of hydrogen-bond donors (Lipinski definition) is 2. The molecule has 30 heavy (non-hydrogen) atoms. The van der Waals surface area contributed by atoms with Gasteiger partial charge in [-0.25, -0.2) is 0 Å². The molecule has 5 unspecified atom stereocenters. The Hall–Kier alpha value is -1.19. The van der Waals surface area contributed by atoms with Crippen LogP contribution in [0, 0.1) is 23.2 Å². The maximum atomic E-state index is 12.2. The van der Waals surface area contributed by atoms with Crippen molar-refractivity contribution < 1.29 is 15.0 Å². The number of carbonyl (C=O) groups excluding carboxylic acids is 1. The first-order valence-corrected chi connectivity index (χ1v) is 12.0. The first-order valence-electron chi connectivity index (χ1n) is 12.0. The average molecular weight is 415 g/mol. The molecule has 0 aliphatic heterocycles. The van der Waals surface area contributed by atoms with Crippen LogP contribution in [-0.4, -0.2) is 27.7 Å². The zero-order chi connectivity index (χ0) is 22.1. The Balaban J connectivity index is 1.70. The maximum absolute atomic E-state index is 12.2. The summed E-state index contributed by atoms with van der Waals surface area (Å²) in [6, 6.07) is 0. The number of rotatable bonds is 6. The van der Waals surface area contributed by atoms with E-state index in [9.17, 15) is 15.0 Å². The molecule has 3 saturated carbocycles. The highest BCUT2D eigenvalue weighted by atomic mass is 16.3. The van der Waals surface area contributed by atoms with E-state index >= 15 is 0 Å². The Labute approximate surface area is 183 Å². The summed E-state index contributed by atoms with van der Waals surface area (Å²) in [6.07, 6.45) is 14.3. The number of ketones is 1. The van der Waals surface area contributed by atoms with Crippen LogP contribution in [0.1, 0.15) is 91.9 Å². The predicted octanol–water partition coefficient (Wildman–Crippen LogP) is 5.91. The quantitative estimate of drug-likeness (QED) is 0.568. The van der Waals surface area contributed by atoms with Crippen molar-refractivity contribution in [3.8, 4) is 0 Å². The van der Waals surface area contributed by atoms with Gasteiger partial charge < -0.3 is 10.2 Å². The number of carbonyl (C=O) groups is 1. The van der Waals surface area contributed by atoms with Crippen molar-refractivity contribution in [3.63, 3.8) is 0 Å². The van der Waals surface area contributed by atoms with Gasteiger partial charge in [0.2, 0.25) is 0 Å². The predicted molar refractivity (Wildman–Crippen MR) is 123 cm³/mol. The van der Waals surface area contributed by atoms with Crippen molar-refractivity contribution in [2.45, 2.75) is 104 Å². The third kappa shape index (κ3) is 4.99. The summed E-state index contributed by atoms with van der Waals surface area (Å²) < 4.78 is 0. The van der Waals surface area contributed by atoms with Gasteiger partial charge in [0.25, 0.3) is 0 Å². The fraction of sp³-hybridized carbons (Fsp3) is 0.741. The third-order valence-corrected chi connectivity index (χ3v) is 8.42. The summed E-state index contributed by atoms with van der Waals surface area (Å²) in [5.41, 5.74) is 3.08. The third-order valence-electron chi connectivity index (χ3n) is 8.42. The highest BCUT2D eigenvalue weighted by molar-refractivity contribution is 5.86. The standard InChI is InChI=1S/C27H42O3/c1-18-8-12-22(28)17-21(18)11-10-20-7-6-16-27(5)23(13-14-24(20)27)19(2)9-15-25(29)26(3,4)30/h10-11,19,22-24,28,30H,1,6-9,12-17H2,2-5H3/b20-10-,21-11+. The lowest BCUT2D eigenvalue weighted by Gasteiger charge is -2.44. The molecule has 0 amide bonds. The lowest BCUT2D eigenvalue weighted by Crippen LogP contribution is -2.36. The van der Waals surface area contributed by atoms with E-state index in [2.05, 4.69) is 32.6 Å². The molecule has 0 aromatic heterocycles. The molecule has 3 aliphatic carbocycles. The topological polar surface area (TPSA) is 57.5 Å². The molecule has 2 N–H and O–H groups in total. The Bertz CT molecular complexity index is 723. The van der Waals surface area contributed by atoms with Crippen LogP contribution in [0.4, 0.5) is 0 Å². The van der Waals surface area contributed by atoms with E-state index in [4.69, 9.17) is 0 Å². The van der Waals surface area contributed by atoms with Gasteiger partial charge in [0.1, 0.15) is 5.60 Å². The fourth-order valence-electron chi connectivity index (χ4n) is 6.48. The van der Waals surface area contributed by atoms with E-state index < -0.39 is 5.60 Å². The molecule has 0 heterocycles. The Morgan fingerprint density at radius 2 is 2.00 bits per heavy atom. The minimum absolute atomic E-state index is 0.0418. The zero-order valence-corrected chi connectivity index (χ0v) is 19.5. The maximum Gasteiger partial charge on any atom is 0.163 e. The molecular formula is C27H42O3. The molecule has 0 radical (unpaired) electrons. The SMILES string of the molecule is C=C1CCC(O)C/C1=C\C=C1\CCCC2(C)C1CCC2C(C)CCC(=O)C(C)(C)O. The van der Waals surface area contributed by atoms with Crippen molar-refractivity contribution in [1.82, 2.24) is 0 Å². The number of fused-ring (bicyclic) bond motifs is 1. The average Bonchev–Trinajstić information content (AvgIpc) is 3.03. The molecule has 5 atom stereocenters. The molecule has 168 valence electrons. The molecule has 0 spiro atoms. The van der Waals surface area contributed by atoms with Gasteiger partial charge in [0.15, 0.2) is 5.78 Å². The summed E-state index contributed by atoms with van der Waals surface area (Å²) in [6.45, 7) is 12.2. The van der Waals surface area contributed by atoms with E-state index in [1.807, 2.05) is 0 Å². The first kappa shape index (κ1) is 23.5. The number of hydrogen-bond acceptors (Lipinski definition) is 3. The van der Waals surface area contributed by atoms with E-state index in [1.54, 1.807) is 19.4 Å². The summed E-state index contributed by atoms with van der Waals surface area (Å²) >= 11 is 0. The molecular weight excluding hydrogens is 372 g/mol. The van der Waals surface area contributed by atoms with Gasteiger partial charge in [-0.15, -0.1) is 0 Å². The van der Waals surface area contributed by atoms with Crippen molar-refractivity contribution in [3.05, 3.63) is 35.5 Å². The molecule has 0 aromatic carbocycles. The van der Waals surface area contributed by atoms with Gasteiger partial charge in [-0.2, -0.15) is 0 Å². The molecule has 3 rings (SSSR count). The van der Waals surface area contributed by atoms with Gasteiger partial charge in [0, 0.05) is 6.42 Å². The second kappa shape index (κ2) is 9.12. The minimum atomic E-state index is -1.22. The largest absolute Gasteiger partial charge is 0.393 e. The van der Waals surface area contributed by atoms with Crippen LogP contribution >= 0.6 is 0 Å². The molecule has 3 aliphatic rings. The molecule has 0 aromatic rings. The van der Waals surface area contributed by atoms with Gasteiger partial charge >= 0.3 is 0 Å². The van der Waals surface area contributed by atoms with Gasteiger partial charge in [0.05, 0.1) is 6.10 Å². The summed E-state index contributed by atoms with van der Waals surface area (Å²) in [4.78, 5) is 12.2. The Kier molecular flexibility index (Phi) is 7.14. The Morgan fingerprint density at radius 1 is 1.27 bits per heavy atom. The number of allylic oxidation sites excluding steroid dienone is 4. The molecule has 3 fully saturated rings. The van der Waals surface area contributed by atoms with E-state index in [0.717, 1.165) is 25.7 Å². The number of Topliss-reactive ketones (excluding diaryl/α,β-unsaturated/α-hetero) is 1. The van der Waals surface area contributed by atoms with Crippen LogP contribution in [0.3, 0.4) is 0 Å².